The van der Waals surface area contributed by atoms with Crippen molar-refractivity contribution in [2.75, 3.05) is 10.8 Å². The number of hydrogen-bond acceptors (Lipinski definition) is 4. The van der Waals surface area contributed by atoms with E-state index < -0.39 is 28.5 Å². The predicted octanol–water partition coefficient (Wildman–Crippen LogP) is 5.14. The van der Waals surface area contributed by atoms with Crippen LogP contribution in [-0.4, -0.2) is 43.8 Å². The lowest BCUT2D eigenvalue weighted by atomic mass is 10.1. The Kier molecular flexibility index (Phi) is 9.92. The lowest BCUT2D eigenvalue weighted by Gasteiger charge is -2.33. The molecule has 1 N–H and O–H groups in total. The molecule has 39 heavy (non-hydrogen) atoms. The molecule has 0 aliphatic rings. The zero-order valence-corrected chi connectivity index (χ0v) is 24.5. The van der Waals surface area contributed by atoms with E-state index in [1.54, 1.807) is 37.3 Å². The normalized spacial score (nSPS) is 12.9. The molecule has 0 aliphatic carbocycles. The van der Waals surface area contributed by atoms with Crippen LogP contribution in [0.2, 0.25) is 0 Å². The molecule has 0 spiro atoms. The number of aryl methyl sites for hydroxylation is 2. The van der Waals surface area contributed by atoms with Crippen LogP contribution in [0, 0.1) is 20.8 Å². The Labute approximate surface area is 232 Å². The quantitative estimate of drug-likeness (QED) is 0.359. The van der Waals surface area contributed by atoms with Crippen molar-refractivity contribution in [2.24, 2.45) is 0 Å². The van der Waals surface area contributed by atoms with Crippen molar-refractivity contribution in [3.05, 3.63) is 95.1 Å². The van der Waals surface area contributed by atoms with Crippen LogP contribution in [0.25, 0.3) is 0 Å². The van der Waals surface area contributed by atoms with Crippen molar-refractivity contribution in [1.82, 2.24) is 10.2 Å². The highest BCUT2D eigenvalue weighted by Gasteiger charge is 2.33. The molecule has 3 aromatic rings. The van der Waals surface area contributed by atoms with Gasteiger partial charge in [-0.3, -0.25) is 13.9 Å². The van der Waals surface area contributed by atoms with E-state index >= 15 is 0 Å². The second-order valence-corrected chi connectivity index (χ2v) is 11.9. The summed E-state index contributed by atoms with van der Waals surface area (Å²) in [5, 5.41) is 2.95. The summed E-state index contributed by atoms with van der Waals surface area (Å²) < 4.78 is 29.0. The standard InChI is InChI=1S/C31H39N3O4S/c1-7-24(4)32-31(36)26(6)33(20-27-18-16-22(2)17-19-27)30(35)21-34(29-15-11-12-23(3)25(29)5)39(37,38)28-13-9-8-10-14-28/h8-19,24,26H,7,20-21H2,1-6H3,(H,32,36). The lowest BCUT2D eigenvalue weighted by Crippen LogP contribution is -2.52. The third kappa shape index (κ3) is 7.26. The van der Waals surface area contributed by atoms with Crippen molar-refractivity contribution in [2.45, 2.75) is 71.5 Å². The van der Waals surface area contributed by atoms with Crippen LogP contribution < -0.4 is 9.62 Å². The molecule has 0 saturated heterocycles. The highest BCUT2D eigenvalue weighted by Crippen LogP contribution is 2.29. The molecule has 2 unspecified atom stereocenters. The van der Waals surface area contributed by atoms with Gasteiger partial charge in [0.05, 0.1) is 10.6 Å². The van der Waals surface area contributed by atoms with Gasteiger partial charge in [0.1, 0.15) is 12.6 Å². The minimum atomic E-state index is -4.08. The Balaban J connectivity index is 2.05. The van der Waals surface area contributed by atoms with E-state index in [9.17, 15) is 18.0 Å². The van der Waals surface area contributed by atoms with Gasteiger partial charge >= 0.3 is 0 Å². The molecule has 208 valence electrons. The predicted molar refractivity (Wildman–Crippen MR) is 156 cm³/mol. The summed E-state index contributed by atoms with van der Waals surface area (Å²) in [6.07, 6.45) is 0.750. The van der Waals surface area contributed by atoms with Crippen molar-refractivity contribution >= 4 is 27.5 Å². The number of carbonyl (C=O) groups is 2. The number of nitrogens with one attached hydrogen (secondary N) is 1. The molecule has 0 aliphatic heterocycles. The van der Waals surface area contributed by atoms with Gasteiger partial charge in [0.25, 0.3) is 10.0 Å². The molecule has 0 radical (unpaired) electrons. The highest BCUT2D eigenvalue weighted by molar-refractivity contribution is 7.92. The lowest BCUT2D eigenvalue weighted by molar-refractivity contribution is -0.139. The van der Waals surface area contributed by atoms with Crippen LogP contribution in [0.15, 0.2) is 77.7 Å². The molecule has 0 heterocycles. The maximum Gasteiger partial charge on any atom is 0.264 e. The van der Waals surface area contributed by atoms with Gasteiger partial charge in [0.15, 0.2) is 0 Å². The molecule has 8 heteroatoms. The average molecular weight is 550 g/mol. The smallest absolute Gasteiger partial charge is 0.264 e. The molecular weight excluding hydrogens is 510 g/mol. The summed E-state index contributed by atoms with van der Waals surface area (Å²) >= 11 is 0. The summed E-state index contributed by atoms with van der Waals surface area (Å²) in [5.74, 6) is -0.753. The summed E-state index contributed by atoms with van der Waals surface area (Å²) in [5.41, 5.74) is 4.03. The maximum atomic E-state index is 14.0. The Bertz CT molecular complexity index is 1390. The molecule has 2 atom stereocenters. The van der Waals surface area contributed by atoms with Crippen LogP contribution >= 0.6 is 0 Å². The third-order valence-electron chi connectivity index (χ3n) is 7.10. The maximum absolute atomic E-state index is 14.0. The number of benzene rings is 3. The average Bonchev–Trinajstić information content (AvgIpc) is 2.92. The molecule has 0 bridgehead atoms. The first-order valence-electron chi connectivity index (χ1n) is 13.2. The minimum Gasteiger partial charge on any atom is -0.352 e. The van der Waals surface area contributed by atoms with Gasteiger partial charge in [-0.2, -0.15) is 0 Å². The van der Waals surface area contributed by atoms with E-state index in [0.717, 1.165) is 33.0 Å². The summed E-state index contributed by atoms with van der Waals surface area (Å²) in [6, 6.07) is 20.3. The topological polar surface area (TPSA) is 86.8 Å². The largest absolute Gasteiger partial charge is 0.352 e. The number of amides is 2. The van der Waals surface area contributed by atoms with Crippen molar-refractivity contribution in [3.63, 3.8) is 0 Å². The van der Waals surface area contributed by atoms with Crippen molar-refractivity contribution in [1.29, 1.82) is 0 Å². The van der Waals surface area contributed by atoms with Crippen LogP contribution in [0.1, 0.15) is 49.4 Å². The molecule has 2 amide bonds. The van der Waals surface area contributed by atoms with E-state index in [4.69, 9.17) is 0 Å². The third-order valence-corrected chi connectivity index (χ3v) is 8.87. The van der Waals surface area contributed by atoms with Crippen LogP contribution in [0.4, 0.5) is 5.69 Å². The van der Waals surface area contributed by atoms with E-state index in [2.05, 4.69) is 5.32 Å². The molecule has 0 saturated carbocycles. The number of nitrogens with zero attached hydrogens (tertiary/aromatic N) is 2. The minimum absolute atomic E-state index is 0.0545. The van der Waals surface area contributed by atoms with Crippen LogP contribution in [0.3, 0.4) is 0 Å². The van der Waals surface area contributed by atoms with Gasteiger partial charge < -0.3 is 10.2 Å². The fourth-order valence-electron chi connectivity index (χ4n) is 4.18. The number of sulfonamides is 1. The molecule has 3 aromatic carbocycles. The second kappa shape index (κ2) is 12.9. The van der Waals surface area contributed by atoms with E-state index in [0.29, 0.717) is 5.69 Å². The van der Waals surface area contributed by atoms with E-state index in [1.165, 1.54) is 17.0 Å². The van der Waals surface area contributed by atoms with Crippen LogP contribution in [0.5, 0.6) is 0 Å². The SMILES string of the molecule is CCC(C)NC(=O)C(C)N(Cc1ccc(C)cc1)C(=O)CN(c1cccc(C)c1C)S(=O)(=O)c1ccccc1. The van der Waals surface area contributed by atoms with Crippen molar-refractivity contribution < 1.29 is 18.0 Å². The molecule has 0 aromatic heterocycles. The monoisotopic (exact) mass is 549 g/mol. The van der Waals surface area contributed by atoms with Gasteiger partial charge in [-0.1, -0.05) is 67.1 Å². The van der Waals surface area contributed by atoms with E-state index in [1.807, 2.05) is 65.0 Å². The second-order valence-electron chi connectivity index (χ2n) is 10.0. The first-order valence-corrected chi connectivity index (χ1v) is 14.7. The molecule has 0 fully saturated rings. The zero-order valence-electron chi connectivity index (χ0n) is 23.6. The number of anilines is 1. The number of rotatable bonds is 11. The van der Waals surface area contributed by atoms with Gasteiger partial charge in [0, 0.05) is 12.6 Å². The van der Waals surface area contributed by atoms with Gasteiger partial charge in [-0.05, 0) is 75.9 Å². The van der Waals surface area contributed by atoms with Gasteiger partial charge in [-0.25, -0.2) is 8.42 Å². The zero-order chi connectivity index (χ0) is 28.7. The first-order chi connectivity index (χ1) is 18.4. The van der Waals surface area contributed by atoms with E-state index in [-0.39, 0.29) is 23.4 Å². The number of hydrogen-bond donors (Lipinski definition) is 1. The van der Waals surface area contributed by atoms with Gasteiger partial charge in [-0.15, -0.1) is 0 Å². The Morgan fingerprint density at radius 2 is 1.51 bits per heavy atom. The fourth-order valence-corrected chi connectivity index (χ4v) is 5.67. The fraction of sp³-hybridized carbons (Fsp3) is 0.355. The van der Waals surface area contributed by atoms with Crippen LogP contribution in [-0.2, 0) is 26.2 Å². The van der Waals surface area contributed by atoms with Gasteiger partial charge in [0.2, 0.25) is 11.8 Å². The Hall–Kier alpha value is -3.65. The molecule has 3 rings (SSSR count). The molecule has 7 nitrogen and oxygen atoms in total. The molecular formula is C31H39N3O4S. The summed E-state index contributed by atoms with van der Waals surface area (Å²) in [4.78, 5) is 28.7. The summed E-state index contributed by atoms with van der Waals surface area (Å²) in [6.45, 7) is 11.0. The highest BCUT2D eigenvalue weighted by atomic mass is 32.2. The first kappa shape index (κ1) is 29.9. The number of carbonyl (C=O) groups excluding carboxylic acids is 2. The van der Waals surface area contributed by atoms with Crippen molar-refractivity contribution in [3.8, 4) is 0 Å². The summed E-state index contributed by atoms with van der Waals surface area (Å²) in [7, 11) is -4.08. The Morgan fingerprint density at radius 3 is 2.13 bits per heavy atom. The Morgan fingerprint density at radius 1 is 0.872 bits per heavy atom.